The van der Waals surface area contributed by atoms with E-state index in [0.717, 1.165) is 5.56 Å². The maximum absolute atomic E-state index is 12.7. The third kappa shape index (κ3) is 4.24. The van der Waals surface area contributed by atoms with Gasteiger partial charge in [0.25, 0.3) is 5.91 Å². The predicted molar refractivity (Wildman–Crippen MR) is 118 cm³/mol. The van der Waals surface area contributed by atoms with Crippen molar-refractivity contribution in [2.45, 2.75) is 13.5 Å². The molecule has 3 aromatic rings. The zero-order valence-corrected chi connectivity index (χ0v) is 17.6. The zero-order valence-electron chi connectivity index (χ0n) is 16.0. The normalized spacial score (nSPS) is 15.2. The Bertz CT molecular complexity index is 1110. The summed E-state index contributed by atoms with van der Waals surface area (Å²) in [4.78, 5) is 26.5. The van der Waals surface area contributed by atoms with Gasteiger partial charge in [-0.2, -0.15) is 0 Å². The molecular weight excluding hydrogens is 422 g/mol. The van der Waals surface area contributed by atoms with Crippen LogP contribution in [0.5, 0.6) is 0 Å². The van der Waals surface area contributed by atoms with E-state index in [9.17, 15) is 9.59 Å². The lowest BCUT2D eigenvalue weighted by molar-refractivity contribution is -0.122. The van der Waals surface area contributed by atoms with Crippen LogP contribution in [0.1, 0.15) is 28.8 Å². The molecule has 152 valence electrons. The number of thioether (sulfide) groups is 1. The van der Waals surface area contributed by atoms with Crippen molar-refractivity contribution in [2.24, 2.45) is 0 Å². The van der Waals surface area contributed by atoms with E-state index in [2.05, 4.69) is 0 Å². The molecular formula is C22H17NO5S2. The van der Waals surface area contributed by atoms with Crippen LogP contribution >= 0.6 is 24.0 Å². The molecule has 0 bridgehead atoms. The highest BCUT2D eigenvalue weighted by Gasteiger charge is 2.32. The van der Waals surface area contributed by atoms with Crippen LogP contribution in [-0.2, 0) is 16.1 Å². The van der Waals surface area contributed by atoms with Crippen molar-refractivity contribution in [3.8, 4) is 11.3 Å². The fourth-order valence-corrected chi connectivity index (χ4v) is 4.13. The molecule has 1 aromatic carbocycles. The molecule has 0 radical (unpaired) electrons. The maximum Gasteiger partial charge on any atom is 0.338 e. The van der Waals surface area contributed by atoms with Gasteiger partial charge in [0.2, 0.25) is 0 Å². The first-order valence-corrected chi connectivity index (χ1v) is 10.4. The van der Waals surface area contributed by atoms with Crippen molar-refractivity contribution in [2.75, 3.05) is 6.61 Å². The fraction of sp³-hybridized carbons (Fsp3) is 0.136. The van der Waals surface area contributed by atoms with Crippen molar-refractivity contribution in [1.29, 1.82) is 0 Å². The number of hydrogen-bond acceptors (Lipinski definition) is 7. The molecule has 6 nitrogen and oxygen atoms in total. The summed E-state index contributed by atoms with van der Waals surface area (Å²) in [6, 6.07) is 14.1. The van der Waals surface area contributed by atoms with E-state index >= 15 is 0 Å². The molecule has 0 unspecified atom stereocenters. The predicted octanol–water partition coefficient (Wildman–Crippen LogP) is 5.12. The van der Waals surface area contributed by atoms with Gasteiger partial charge >= 0.3 is 5.97 Å². The summed E-state index contributed by atoms with van der Waals surface area (Å²) in [6.07, 6.45) is 3.24. The lowest BCUT2D eigenvalue weighted by Crippen LogP contribution is -2.27. The molecule has 1 fully saturated rings. The number of thiocarbonyl (C=S) groups is 1. The fourth-order valence-electron chi connectivity index (χ4n) is 2.89. The molecule has 2 aromatic heterocycles. The number of rotatable bonds is 6. The Hall–Kier alpha value is -3.10. The summed E-state index contributed by atoms with van der Waals surface area (Å²) in [5, 5.41) is 0. The molecule has 3 heterocycles. The van der Waals surface area contributed by atoms with Gasteiger partial charge in [0.1, 0.15) is 21.6 Å². The number of benzene rings is 1. The Morgan fingerprint density at radius 1 is 1.20 bits per heavy atom. The molecule has 0 N–H and O–H groups in total. The Balaban J connectivity index is 1.49. The minimum atomic E-state index is -0.360. The molecule has 0 spiro atoms. The highest BCUT2D eigenvalue weighted by molar-refractivity contribution is 8.26. The van der Waals surface area contributed by atoms with Gasteiger partial charge in [0.05, 0.1) is 29.9 Å². The summed E-state index contributed by atoms with van der Waals surface area (Å²) in [7, 11) is 0. The quantitative estimate of drug-likeness (QED) is 0.300. The summed E-state index contributed by atoms with van der Waals surface area (Å²) in [6.45, 7) is 2.39. The van der Waals surface area contributed by atoms with Crippen molar-refractivity contribution < 1.29 is 23.2 Å². The first-order valence-electron chi connectivity index (χ1n) is 9.20. The highest BCUT2D eigenvalue weighted by atomic mass is 32.2. The number of carbonyl (C=O) groups is 2. The van der Waals surface area contributed by atoms with Gasteiger partial charge in [-0.3, -0.25) is 9.69 Å². The monoisotopic (exact) mass is 439 g/mol. The SMILES string of the molecule is CCOC(=O)c1ccc(-c2ccc(C=C3SC(=S)N(Cc4ccco4)C3=O)o2)cc1. The molecule has 0 aliphatic carbocycles. The smallest absolute Gasteiger partial charge is 0.338 e. The first kappa shape index (κ1) is 20.2. The van der Waals surface area contributed by atoms with Crippen LogP contribution in [0, 0.1) is 0 Å². The van der Waals surface area contributed by atoms with E-state index in [0.29, 0.717) is 45.2 Å². The Labute approximate surface area is 182 Å². The summed E-state index contributed by atoms with van der Waals surface area (Å²) >= 11 is 6.56. The number of hydrogen-bond donors (Lipinski definition) is 0. The lowest BCUT2D eigenvalue weighted by atomic mass is 10.1. The minimum Gasteiger partial charge on any atom is -0.467 e. The third-order valence-electron chi connectivity index (χ3n) is 4.35. The molecule has 0 saturated carbocycles. The second kappa shape index (κ2) is 8.73. The van der Waals surface area contributed by atoms with Gasteiger partial charge in [-0.05, 0) is 43.3 Å². The van der Waals surface area contributed by atoms with Crippen LogP contribution in [0.25, 0.3) is 17.4 Å². The van der Waals surface area contributed by atoms with Crippen molar-refractivity contribution in [3.05, 3.63) is 76.8 Å². The summed E-state index contributed by atoms with van der Waals surface area (Å²) < 4.78 is 16.6. The van der Waals surface area contributed by atoms with Crippen LogP contribution in [0.3, 0.4) is 0 Å². The van der Waals surface area contributed by atoms with E-state index in [1.165, 1.54) is 16.7 Å². The Morgan fingerprint density at radius 2 is 2.00 bits per heavy atom. The van der Waals surface area contributed by atoms with Crippen LogP contribution in [0.2, 0.25) is 0 Å². The molecule has 8 heteroatoms. The standard InChI is InChI=1S/C22H17NO5S2/c1-2-26-21(25)15-7-5-14(6-8-15)18-10-9-16(28-18)12-19-20(24)23(22(29)30-19)13-17-4-3-11-27-17/h3-12H,2,13H2,1H3. The molecule has 1 saturated heterocycles. The average molecular weight is 440 g/mol. The largest absolute Gasteiger partial charge is 0.467 e. The molecule has 1 amide bonds. The van der Waals surface area contributed by atoms with Crippen LogP contribution in [0.4, 0.5) is 0 Å². The number of nitrogens with zero attached hydrogens (tertiary/aromatic N) is 1. The zero-order chi connectivity index (χ0) is 21.1. The second-order valence-electron chi connectivity index (χ2n) is 6.35. The summed E-state index contributed by atoms with van der Waals surface area (Å²) in [5.74, 6) is 1.29. The molecule has 1 aliphatic heterocycles. The van der Waals surface area contributed by atoms with E-state index in [-0.39, 0.29) is 11.9 Å². The van der Waals surface area contributed by atoms with Crippen molar-refractivity contribution >= 4 is 46.3 Å². The second-order valence-corrected chi connectivity index (χ2v) is 8.02. The van der Waals surface area contributed by atoms with Gasteiger partial charge in [0.15, 0.2) is 0 Å². The van der Waals surface area contributed by atoms with Crippen molar-refractivity contribution in [1.82, 2.24) is 4.90 Å². The Kier molecular flexibility index (Phi) is 5.87. The number of ether oxygens (including phenoxy) is 1. The van der Waals surface area contributed by atoms with E-state index in [1.807, 2.05) is 6.07 Å². The highest BCUT2D eigenvalue weighted by Crippen LogP contribution is 2.34. The van der Waals surface area contributed by atoms with Crippen LogP contribution < -0.4 is 0 Å². The maximum atomic E-state index is 12.7. The van der Waals surface area contributed by atoms with E-state index in [1.54, 1.807) is 61.7 Å². The van der Waals surface area contributed by atoms with E-state index < -0.39 is 0 Å². The average Bonchev–Trinajstić information content (AvgIpc) is 3.48. The number of carbonyl (C=O) groups excluding carboxylic acids is 2. The van der Waals surface area contributed by atoms with Gasteiger partial charge in [-0.1, -0.05) is 36.1 Å². The molecule has 1 aliphatic rings. The topological polar surface area (TPSA) is 72.9 Å². The lowest BCUT2D eigenvalue weighted by Gasteiger charge is -2.11. The third-order valence-corrected chi connectivity index (χ3v) is 5.73. The van der Waals surface area contributed by atoms with E-state index in [4.69, 9.17) is 25.8 Å². The van der Waals surface area contributed by atoms with Gasteiger partial charge in [-0.25, -0.2) is 4.79 Å². The van der Waals surface area contributed by atoms with Gasteiger partial charge < -0.3 is 13.6 Å². The number of esters is 1. The van der Waals surface area contributed by atoms with Crippen LogP contribution in [-0.4, -0.2) is 27.7 Å². The van der Waals surface area contributed by atoms with Crippen LogP contribution in [0.15, 0.2) is 68.5 Å². The van der Waals surface area contributed by atoms with Crippen molar-refractivity contribution in [3.63, 3.8) is 0 Å². The number of amides is 1. The molecule has 4 rings (SSSR count). The van der Waals surface area contributed by atoms with Gasteiger partial charge in [-0.15, -0.1) is 0 Å². The number of furan rings is 2. The van der Waals surface area contributed by atoms with Gasteiger partial charge in [0, 0.05) is 11.6 Å². The summed E-state index contributed by atoms with van der Waals surface area (Å²) in [5.41, 5.74) is 1.29. The molecule has 30 heavy (non-hydrogen) atoms. The Morgan fingerprint density at radius 3 is 2.70 bits per heavy atom. The molecule has 0 atom stereocenters. The minimum absolute atomic E-state index is 0.182. The first-order chi connectivity index (χ1) is 14.5.